The first-order valence-electron chi connectivity index (χ1n) is 6.83. The van der Waals surface area contributed by atoms with Gasteiger partial charge in [0.25, 0.3) is 0 Å². The number of nitrogens with one attached hydrogen (secondary N) is 1. The third-order valence-corrected chi connectivity index (χ3v) is 4.50. The maximum atomic E-state index is 3.67. The fraction of sp³-hybridized carbons (Fsp3) is 1.00. The number of likely N-dealkylation sites (tertiary alicyclic amines) is 1. The molecule has 1 heterocycles. The van der Waals surface area contributed by atoms with Crippen LogP contribution < -0.4 is 5.32 Å². The summed E-state index contributed by atoms with van der Waals surface area (Å²) < 4.78 is 0. The van der Waals surface area contributed by atoms with Crippen molar-refractivity contribution in [1.29, 1.82) is 0 Å². The Labute approximate surface area is 105 Å². The largest absolute Gasteiger partial charge is 0.314 e. The summed E-state index contributed by atoms with van der Waals surface area (Å²) >= 11 is 1.97. The highest BCUT2D eigenvalue weighted by molar-refractivity contribution is 7.98. The maximum absolute atomic E-state index is 3.67. The van der Waals surface area contributed by atoms with Gasteiger partial charge in [0.1, 0.15) is 0 Å². The van der Waals surface area contributed by atoms with Crippen LogP contribution in [0.1, 0.15) is 32.1 Å². The van der Waals surface area contributed by atoms with E-state index in [1.165, 1.54) is 64.0 Å². The van der Waals surface area contributed by atoms with Gasteiger partial charge in [0, 0.05) is 6.04 Å². The molecule has 1 aliphatic carbocycles. The lowest BCUT2D eigenvalue weighted by molar-refractivity contribution is 0.183. The number of thioether (sulfide) groups is 1. The molecule has 0 unspecified atom stereocenters. The van der Waals surface area contributed by atoms with E-state index in [0.29, 0.717) is 0 Å². The van der Waals surface area contributed by atoms with Gasteiger partial charge in [-0.1, -0.05) is 0 Å². The summed E-state index contributed by atoms with van der Waals surface area (Å²) in [6.07, 6.45) is 9.25. The Morgan fingerprint density at radius 1 is 1.19 bits per heavy atom. The minimum absolute atomic E-state index is 0.889. The van der Waals surface area contributed by atoms with Crippen molar-refractivity contribution in [3.8, 4) is 0 Å². The van der Waals surface area contributed by atoms with Crippen LogP contribution in [0, 0.1) is 5.92 Å². The molecule has 0 spiro atoms. The van der Waals surface area contributed by atoms with Gasteiger partial charge in [-0.15, -0.1) is 0 Å². The fourth-order valence-electron chi connectivity index (χ4n) is 2.47. The van der Waals surface area contributed by atoms with E-state index in [-0.39, 0.29) is 0 Å². The smallest absolute Gasteiger partial charge is 0.00683 e. The van der Waals surface area contributed by atoms with Crippen molar-refractivity contribution < 1.29 is 0 Å². The molecule has 0 radical (unpaired) electrons. The highest BCUT2D eigenvalue weighted by Crippen LogP contribution is 2.21. The van der Waals surface area contributed by atoms with Gasteiger partial charge in [0.2, 0.25) is 0 Å². The van der Waals surface area contributed by atoms with Crippen molar-refractivity contribution in [2.24, 2.45) is 5.92 Å². The summed E-state index contributed by atoms with van der Waals surface area (Å²) in [5, 5.41) is 3.67. The second-order valence-electron chi connectivity index (χ2n) is 5.31. The third kappa shape index (κ3) is 4.64. The molecule has 2 fully saturated rings. The minimum atomic E-state index is 0.889. The normalized spacial score (nSPS) is 23.8. The molecule has 2 aliphatic rings. The van der Waals surface area contributed by atoms with Gasteiger partial charge in [-0.25, -0.2) is 0 Å². The number of nitrogens with zero attached hydrogens (tertiary/aromatic N) is 1. The quantitative estimate of drug-likeness (QED) is 0.689. The Morgan fingerprint density at radius 2 is 1.94 bits per heavy atom. The van der Waals surface area contributed by atoms with Gasteiger partial charge in [0.05, 0.1) is 0 Å². The zero-order valence-corrected chi connectivity index (χ0v) is 11.4. The molecule has 1 N–H and O–H groups in total. The van der Waals surface area contributed by atoms with Crippen LogP contribution in [-0.4, -0.2) is 49.1 Å². The lowest BCUT2D eigenvalue weighted by Crippen LogP contribution is -2.38. The van der Waals surface area contributed by atoms with Crippen molar-refractivity contribution in [3.05, 3.63) is 0 Å². The van der Waals surface area contributed by atoms with Crippen LogP contribution in [0.25, 0.3) is 0 Å². The average Bonchev–Trinajstić information content (AvgIpc) is 3.12. The Kier molecular flexibility index (Phi) is 5.46. The molecule has 3 heteroatoms. The third-order valence-electron chi connectivity index (χ3n) is 3.80. The Bertz CT molecular complexity index is 186. The molecule has 16 heavy (non-hydrogen) atoms. The Hall–Kier alpha value is 0.270. The molecule has 0 amide bonds. The zero-order valence-electron chi connectivity index (χ0n) is 10.6. The minimum Gasteiger partial charge on any atom is -0.314 e. The van der Waals surface area contributed by atoms with E-state index in [4.69, 9.17) is 0 Å². The number of hydrogen-bond acceptors (Lipinski definition) is 3. The van der Waals surface area contributed by atoms with E-state index in [1.54, 1.807) is 0 Å². The molecule has 2 rings (SSSR count). The van der Waals surface area contributed by atoms with Crippen LogP contribution in [0.3, 0.4) is 0 Å². The van der Waals surface area contributed by atoms with Gasteiger partial charge in [-0.05, 0) is 76.2 Å². The lowest BCUT2D eigenvalue weighted by Gasteiger charge is -2.32. The molecule has 0 aromatic carbocycles. The zero-order chi connectivity index (χ0) is 11.2. The molecule has 0 aromatic rings. The summed E-state index contributed by atoms with van der Waals surface area (Å²) in [6, 6.07) is 0.889. The van der Waals surface area contributed by atoms with E-state index in [0.717, 1.165) is 12.0 Å². The van der Waals surface area contributed by atoms with Crippen molar-refractivity contribution in [2.45, 2.75) is 38.1 Å². The van der Waals surface area contributed by atoms with Crippen molar-refractivity contribution in [2.75, 3.05) is 38.2 Å². The summed E-state index contributed by atoms with van der Waals surface area (Å²) in [7, 11) is 0. The van der Waals surface area contributed by atoms with Crippen LogP contribution in [0.2, 0.25) is 0 Å². The molecule has 1 aliphatic heterocycles. The highest BCUT2D eigenvalue weighted by Gasteiger charge is 2.23. The van der Waals surface area contributed by atoms with Gasteiger partial charge in [-0.2, -0.15) is 11.8 Å². The summed E-state index contributed by atoms with van der Waals surface area (Å²) in [5.41, 5.74) is 0. The highest BCUT2D eigenvalue weighted by atomic mass is 32.2. The summed E-state index contributed by atoms with van der Waals surface area (Å²) in [4.78, 5) is 2.66. The van der Waals surface area contributed by atoms with Gasteiger partial charge in [-0.3, -0.25) is 0 Å². The second kappa shape index (κ2) is 6.87. The van der Waals surface area contributed by atoms with Gasteiger partial charge >= 0.3 is 0 Å². The van der Waals surface area contributed by atoms with Crippen LogP contribution >= 0.6 is 11.8 Å². The van der Waals surface area contributed by atoms with Crippen LogP contribution in [0.15, 0.2) is 0 Å². The summed E-state index contributed by atoms with van der Waals surface area (Å²) in [5.74, 6) is 2.28. The first-order valence-corrected chi connectivity index (χ1v) is 8.22. The molecule has 1 saturated carbocycles. The SMILES string of the molecule is CSCCCN1CCC(CNC2CC2)CC1. The first-order chi connectivity index (χ1) is 7.88. The van der Waals surface area contributed by atoms with E-state index in [2.05, 4.69) is 16.5 Å². The number of hydrogen-bond donors (Lipinski definition) is 1. The Morgan fingerprint density at radius 3 is 2.56 bits per heavy atom. The van der Waals surface area contributed by atoms with Gasteiger partial charge in [0.15, 0.2) is 0 Å². The Balaban J connectivity index is 1.51. The molecule has 0 bridgehead atoms. The molecule has 0 aromatic heterocycles. The van der Waals surface area contributed by atoms with Crippen LogP contribution in [-0.2, 0) is 0 Å². The monoisotopic (exact) mass is 242 g/mol. The molecular formula is C13H26N2S. The number of rotatable bonds is 7. The molecule has 1 saturated heterocycles. The van der Waals surface area contributed by atoms with Crippen molar-refractivity contribution >= 4 is 11.8 Å². The second-order valence-corrected chi connectivity index (χ2v) is 6.30. The van der Waals surface area contributed by atoms with Crippen LogP contribution in [0.4, 0.5) is 0 Å². The topological polar surface area (TPSA) is 15.3 Å². The predicted molar refractivity (Wildman–Crippen MR) is 73.2 cm³/mol. The maximum Gasteiger partial charge on any atom is 0.00683 e. The predicted octanol–water partition coefficient (Wildman–Crippen LogP) is 2.20. The molecule has 94 valence electrons. The lowest BCUT2D eigenvalue weighted by atomic mass is 9.96. The fourth-order valence-corrected chi connectivity index (χ4v) is 2.89. The molecular weight excluding hydrogens is 216 g/mol. The van der Waals surface area contributed by atoms with E-state index < -0.39 is 0 Å². The first kappa shape index (κ1) is 12.7. The van der Waals surface area contributed by atoms with Crippen molar-refractivity contribution in [3.63, 3.8) is 0 Å². The molecule has 0 atom stereocenters. The molecule has 2 nitrogen and oxygen atoms in total. The van der Waals surface area contributed by atoms with Crippen LogP contribution in [0.5, 0.6) is 0 Å². The van der Waals surface area contributed by atoms with E-state index in [9.17, 15) is 0 Å². The van der Waals surface area contributed by atoms with Crippen molar-refractivity contribution in [1.82, 2.24) is 10.2 Å². The number of piperidine rings is 1. The van der Waals surface area contributed by atoms with E-state index >= 15 is 0 Å². The standard InChI is InChI=1S/C13H26N2S/c1-16-10-2-7-15-8-5-12(6-9-15)11-14-13-3-4-13/h12-14H,2-11H2,1H3. The van der Waals surface area contributed by atoms with Gasteiger partial charge < -0.3 is 10.2 Å². The van der Waals surface area contributed by atoms with E-state index in [1.807, 2.05) is 11.8 Å². The summed E-state index contributed by atoms with van der Waals surface area (Å²) in [6.45, 7) is 5.28. The average molecular weight is 242 g/mol.